The van der Waals surface area contributed by atoms with Gasteiger partial charge in [-0.25, -0.2) is 4.79 Å². The first-order chi connectivity index (χ1) is 8.16. The van der Waals surface area contributed by atoms with E-state index in [2.05, 4.69) is 17.2 Å². The molecule has 0 fully saturated rings. The van der Waals surface area contributed by atoms with Gasteiger partial charge < -0.3 is 15.7 Å². The summed E-state index contributed by atoms with van der Waals surface area (Å²) in [7, 11) is 0. The van der Waals surface area contributed by atoms with Crippen molar-refractivity contribution in [3.05, 3.63) is 12.7 Å². The van der Waals surface area contributed by atoms with Crippen molar-refractivity contribution in [3.63, 3.8) is 0 Å². The molecule has 0 aliphatic rings. The van der Waals surface area contributed by atoms with Crippen molar-refractivity contribution in [2.24, 2.45) is 0 Å². The number of carbonyl (C=O) groups is 2. The first kappa shape index (κ1) is 15.8. The largest absolute Gasteiger partial charge is 0.481 e. The monoisotopic (exact) mass is 260 g/mol. The standard InChI is InChI=1S/C11H20N2O3S/c1-2-8-17-9-7-13-11(16)12-6-4-3-5-10(14)15/h2H,1,3-9H2,(H,14,15)(H2,12,13,16). The van der Waals surface area contributed by atoms with Gasteiger partial charge in [-0.1, -0.05) is 6.08 Å². The van der Waals surface area contributed by atoms with E-state index >= 15 is 0 Å². The van der Waals surface area contributed by atoms with Crippen LogP contribution in [0.1, 0.15) is 19.3 Å². The van der Waals surface area contributed by atoms with Crippen molar-refractivity contribution in [2.75, 3.05) is 24.6 Å². The number of urea groups is 1. The Kier molecular flexibility index (Phi) is 10.5. The van der Waals surface area contributed by atoms with Crippen molar-refractivity contribution in [3.8, 4) is 0 Å². The van der Waals surface area contributed by atoms with Gasteiger partial charge in [0.1, 0.15) is 0 Å². The predicted molar refractivity (Wildman–Crippen MR) is 70.4 cm³/mol. The lowest BCUT2D eigenvalue weighted by molar-refractivity contribution is -0.137. The molecular formula is C11H20N2O3S. The third kappa shape index (κ3) is 12.8. The number of carbonyl (C=O) groups excluding carboxylic acids is 1. The van der Waals surface area contributed by atoms with Gasteiger partial charge in [-0.15, -0.1) is 6.58 Å². The van der Waals surface area contributed by atoms with E-state index < -0.39 is 5.97 Å². The summed E-state index contributed by atoms with van der Waals surface area (Å²) in [5, 5.41) is 13.8. The van der Waals surface area contributed by atoms with Crippen LogP contribution in [0, 0.1) is 0 Å². The van der Waals surface area contributed by atoms with Crippen LogP contribution in [0.4, 0.5) is 4.79 Å². The Labute approximate surface area is 106 Å². The van der Waals surface area contributed by atoms with Gasteiger partial charge in [-0.2, -0.15) is 11.8 Å². The second kappa shape index (κ2) is 11.3. The van der Waals surface area contributed by atoms with Crippen LogP contribution in [0.25, 0.3) is 0 Å². The molecule has 0 radical (unpaired) electrons. The normalized spacial score (nSPS) is 9.65. The highest BCUT2D eigenvalue weighted by molar-refractivity contribution is 7.99. The number of nitrogens with one attached hydrogen (secondary N) is 2. The van der Waals surface area contributed by atoms with Crippen LogP contribution in [0.5, 0.6) is 0 Å². The molecule has 0 heterocycles. The highest BCUT2D eigenvalue weighted by Crippen LogP contribution is 1.97. The van der Waals surface area contributed by atoms with E-state index in [9.17, 15) is 9.59 Å². The second-order valence-corrected chi connectivity index (χ2v) is 4.55. The highest BCUT2D eigenvalue weighted by Gasteiger charge is 1.99. The maximum Gasteiger partial charge on any atom is 0.314 e. The fourth-order valence-corrected chi connectivity index (χ4v) is 1.65. The molecule has 5 nitrogen and oxygen atoms in total. The molecule has 0 saturated carbocycles. The number of unbranched alkanes of at least 4 members (excludes halogenated alkanes) is 1. The molecule has 0 atom stereocenters. The van der Waals surface area contributed by atoms with Crippen LogP contribution in [0.2, 0.25) is 0 Å². The number of hydrogen-bond acceptors (Lipinski definition) is 3. The molecule has 0 aromatic heterocycles. The summed E-state index contributed by atoms with van der Waals surface area (Å²) in [5.41, 5.74) is 0. The lowest BCUT2D eigenvalue weighted by Gasteiger charge is -2.06. The van der Waals surface area contributed by atoms with E-state index in [-0.39, 0.29) is 12.5 Å². The van der Waals surface area contributed by atoms with Crippen LogP contribution < -0.4 is 10.6 Å². The van der Waals surface area contributed by atoms with Crippen LogP contribution >= 0.6 is 11.8 Å². The van der Waals surface area contributed by atoms with E-state index in [1.54, 1.807) is 11.8 Å². The number of carboxylic acid groups (broad SMARTS) is 1. The number of amides is 2. The molecule has 0 aliphatic heterocycles. The molecule has 0 unspecified atom stereocenters. The number of thioether (sulfide) groups is 1. The van der Waals surface area contributed by atoms with Crippen LogP contribution in [0.3, 0.4) is 0 Å². The molecule has 0 aliphatic carbocycles. The zero-order chi connectivity index (χ0) is 12.9. The van der Waals surface area contributed by atoms with Gasteiger partial charge in [0.25, 0.3) is 0 Å². The minimum absolute atomic E-state index is 0.154. The molecule has 3 N–H and O–H groups in total. The minimum atomic E-state index is -0.798. The minimum Gasteiger partial charge on any atom is -0.481 e. The molecule has 0 rings (SSSR count). The van der Waals surface area contributed by atoms with E-state index in [1.165, 1.54) is 0 Å². The summed E-state index contributed by atoms with van der Waals surface area (Å²) in [6.45, 7) is 4.74. The Morgan fingerprint density at radius 2 is 1.94 bits per heavy atom. The topological polar surface area (TPSA) is 78.4 Å². The molecule has 0 aromatic rings. The fourth-order valence-electron chi connectivity index (χ4n) is 1.07. The SMILES string of the molecule is C=CCSCCNC(=O)NCCCCC(=O)O. The van der Waals surface area contributed by atoms with Crippen molar-refractivity contribution < 1.29 is 14.7 Å². The number of hydrogen-bond donors (Lipinski definition) is 3. The van der Waals surface area contributed by atoms with E-state index in [4.69, 9.17) is 5.11 Å². The summed E-state index contributed by atoms with van der Waals surface area (Å²) in [5.74, 6) is 0.949. The number of aliphatic carboxylic acids is 1. The average Bonchev–Trinajstić information content (AvgIpc) is 2.28. The first-order valence-corrected chi connectivity index (χ1v) is 6.74. The Balaban J connectivity index is 3.23. The van der Waals surface area contributed by atoms with Gasteiger partial charge in [0, 0.05) is 31.0 Å². The van der Waals surface area contributed by atoms with Gasteiger partial charge in [-0.05, 0) is 12.8 Å². The lowest BCUT2D eigenvalue weighted by Crippen LogP contribution is -2.37. The first-order valence-electron chi connectivity index (χ1n) is 5.59. The van der Waals surface area contributed by atoms with Gasteiger partial charge >= 0.3 is 12.0 Å². The Hall–Kier alpha value is -1.17. The number of carboxylic acids is 1. The molecule has 2 amide bonds. The third-order valence-electron chi connectivity index (χ3n) is 1.87. The van der Waals surface area contributed by atoms with Crippen molar-refractivity contribution in [2.45, 2.75) is 19.3 Å². The van der Waals surface area contributed by atoms with Gasteiger partial charge in [-0.3, -0.25) is 4.79 Å². The smallest absolute Gasteiger partial charge is 0.314 e. The second-order valence-electron chi connectivity index (χ2n) is 3.40. The Morgan fingerprint density at radius 3 is 2.59 bits per heavy atom. The van der Waals surface area contributed by atoms with Gasteiger partial charge in [0.05, 0.1) is 0 Å². The summed E-state index contributed by atoms with van der Waals surface area (Å²) < 4.78 is 0. The number of rotatable bonds is 10. The van der Waals surface area contributed by atoms with Crippen LogP contribution in [-0.2, 0) is 4.79 Å². The maximum absolute atomic E-state index is 11.2. The molecule has 0 bridgehead atoms. The highest BCUT2D eigenvalue weighted by atomic mass is 32.2. The summed E-state index contributed by atoms with van der Waals surface area (Å²) in [6, 6.07) is -0.195. The maximum atomic E-state index is 11.2. The zero-order valence-electron chi connectivity index (χ0n) is 9.91. The predicted octanol–water partition coefficient (Wildman–Crippen LogP) is 1.46. The summed E-state index contributed by atoms with van der Waals surface area (Å²) in [4.78, 5) is 21.4. The summed E-state index contributed by atoms with van der Waals surface area (Å²) >= 11 is 1.70. The van der Waals surface area contributed by atoms with Gasteiger partial charge in [0.2, 0.25) is 0 Å². The van der Waals surface area contributed by atoms with E-state index in [0.29, 0.717) is 25.9 Å². The lowest BCUT2D eigenvalue weighted by atomic mass is 10.2. The molecule has 0 aromatic carbocycles. The molecular weight excluding hydrogens is 240 g/mol. The molecule has 98 valence electrons. The van der Waals surface area contributed by atoms with Gasteiger partial charge in [0.15, 0.2) is 0 Å². The third-order valence-corrected chi connectivity index (χ3v) is 2.83. The molecule has 17 heavy (non-hydrogen) atoms. The van der Waals surface area contributed by atoms with E-state index in [0.717, 1.165) is 11.5 Å². The molecule has 6 heteroatoms. The average molecular weight is 260 g/mol. The Bertz CT molecular complexity index is 247. The Morgan fingerprint density at radius 1 is 1.24 bits per heavy atom. The van der Waals surface area contributed by atoms with Crippen molar-refractivity contribution in [1.29, 1.82) is 0 Å². The van der Waals surface area contributed by atoms with Crippen LogP contribution in [-0.4, -0.2) is 41.7 Å². The quantitative estimate of drug-likeness (QED) is 0.410. The van der Waals surface area contributed by atoms with E-state index in [1.807, 2.05) is 6.08 Å². The fraction of sp³-hybridized carbons (Fsp3) is 0.636. The van der Waals surface area contributed by atoms with Crippen molar-refractivity contribution >= 4 is 23.8 Å². The zero-order valence-corrected chi connectivity index (χ0v) is 10.7. The molecule has 0 saturated heterocycles. The van der Waals surface area contributed by atoms with Crippen LogP contribution in [0.15, 0.2) is 12.7 Å². The molecule has 0 spiro atoms. The van der Waals surface area contributed by atoms with Crippen molar-refractivity contribution in [1.82, 2.24) is 10.6 Å². The summed E-state index contributed by atoms with van der Waals surface area (Å²) in [6.07, 6.45) is 3.25.